The summed E-state index contributed by atoms with van der Waals surface area (Å²) >= 11 is -0.653. The maximum absolute atomic E-state index is 2.35. The van der Waals surface area contributed by atoms with Crippen LogP contribution in [0.4, 0.5) is 0 Å². The second kappa shape index (κ2) is 4.95. The van der Waals surface area contributed by atoms with E-state index in [2.05, 4.69) is 20.8 Å². The zero-order chi connectivity index (χ0) is 5.70. The zero-order valence-electron chi connectivity index (χ0n) is 5.62. The maximum atomic E-state index is 2.35. The van der Waals surface area contributed by atoms with Crippen LogP contribution in [0.2, 0.25) is 13.3 Å². The molecule has 0 fully saturated rings. The quantitative estimate of drug-likeness (QED) is 0.622. The molecule has 7 heavy (non-hydrogen) atoms. The van der Waals surface area contributed by atoms with Crippen molar-refractivity contribution in [2.24, 2.45) is 0 Å². The van der Waals surface area contributed by atoms with Crippen LogP contribution in [-0.2, 0) is 0 Å². The number of hydrogen-bond acceptors (Lipinski definition) is 0. The first kappa shape index (κ1) is 7.80. The Balaban J connectivity index is 2.99. The summed E-state index contributed by atoms with van der Waals surface area (Å²) < 4.78 is 4.65. The summed E-state index contributed by atoms with van der Waals surface area (Å²) in [6.07, 6.45) is 0. The summed E-state index contributed by atoms with van der Waals surface area (Å²) in [4.78, 5) is 0. The van der Waals surface area contributed by atoms with Crippen LogP contribution < -0.4 is 0 Å². The molecule has 0 saturated heterocycles. The van der Waals surface area contributed by atoms with E-state index in [1.54, 1.807) is 13.3 Å². The molecule has 0 nitrogen and oxygen atoms in total. The Labute approximate surface area is 54.0 Å². The predicted molar refractivity (Wildman–Crippen MR) is 37.2 cm³/mol. The minimum absolute atomic E-state index is 0.653. The van der Waals surface area contributed by atoms with Gasteiger partial charge in [-0.3, -0.25) is 0 Å². The molecule has 0 aliphatic rings. The van der Waals surface area contributed by atoms with Crippen LogP contribution in [0.5, 0.6) is 0 Å². The predicted octanol–water partition coefficient (Wildman–Crippen LogP) is 2.54. The van der Waals surface area contributed by atoms with Crippen LogP contribution in [0.1, 0.15) is 20.8 Å². The summed E-state index contributed by atoms with van der Waals surface area (Å²) in [5, 5.41) is 0. The molecule has 0 heterocycles. The van der Waals surface area contributed by atoms with Gasteiger partial charge in [0.05, 0.1) is 0 Å². The summed E-state index contributed by atoms with van der Waals surface area (Å²) in [5.74, 6) is 0. The van der Waals surface area contributed by atoms with Crippen molar-refractivity contribution >= 4 is 19.8 Å². The Morgan fingerprint density at radius 2 is 1.14 bits per heavy atom. The molecule has 1 heteroatoms. The van der Waals surface area contributed by atoms with Crippen molar-refractivity contribution in [2.75, 3.05) is 0 Å². The van der Waals surface area contributed by atoms with E-state index in [4.69, 9.17) is 0 Å². The average Bonchev–Trinajstić information content (AvgIpc) is 1.72. The third-order valence-electron chi connectivity index (χ3n) is 1.50. The molecule has 0 rings (SSSR count). The molecular weight excluding hydrogens is 191 g/mol. The molecule has 0 spiro atoms. The van der Waals surface area contributed by atoms with E-state index in [1.807, 2.05) is 0 Å². The monoisotopic (exact) mass is 207 g/mol. The Morgan fingerprint density at radius 1 is 0.857 bits per heavy atom. The summed E-state index contributed by atoms with van der Waals surface area (Å²) in [7, 11) is 0. The fourth-order valence-corrected chi connectivity index (χ4v) is 5.03. The summed E-state index contributed by atoms with van der Waals surface area (Å²) in [6.45, 7) is 7.05. The number of hydrogen-bond donors (Lipinski definition) is 0. The van der Waals surface area contributed by atoms with Gasteiger partial charge < -0.3 is 0 Å². The molecule has 0 saturated carbocycles. The molecule has 0 bridgehead atoms. The van der Waals surface area contributed by atoms with Crippen LogP contribution in [0, 0.1) is 0 Å². The van der Waals surface area contributed by atoms with E-state index in [0.29, 0.717) is 0 Å². The van der Waals surface area contributed by atoms with Gasteiger partial charge >= 0.3 is 53.8 Å². The summed E-state index contributed by atoms with van der Waals surface area (Å²) in [6, 6.07) is 0. The second-order valence-electron chi connectivity index (χ2n) is 1.81. The van der Waals surface area contributed by atoms with E-state index in [9.17, 15) is 0 Å². The molecule has 0 atom stereocenters. The van der Waals surface area contributed by atoms with E-state index in [0.717, 1.165) is 0 Å². The second-order valence-corrected chi connectivity index (χ2v) is 12.1. The van der Waals surface area contributed by atoms with Crippen molar-refractivity contribution in [3.8, 4) is 0 Å². The van der Waals surface area contributed by atoms with E-state index in [-0.39, 0.29) is 0 Å². The third kappa shape index (κ3) is 3.39. The Bertz CT molecular complexity index is 25.7. The molecule has 0 aromatic heterocycles. The average molecular weight is 206 g/mol. The molecule has 0 aliphatic heterocycles. The molecular formula is C6H15Sn+. The molecule has 0 aromatic carbocycles. The van der Waals surface area contributed by atoms with Crippen molar-refractivity contribution in [1.82, 2.24) is 0 Å². The molecule has 0 aromatic rings. The van der Waals surface area contributed by atoms with Crippen molar-refractivity contribution in [3.63, 3.8) is 0 Å². The van der Waals surface area contributed by atoms with Crippen LogP contribution in [-0.4, -0.2) is 19.8 Å². The van der Waals surface area contributed by atoms with Gasteiger partial charge in [-0.25, -0.2) is 0 Å². The molecule has 0 aliphatic carbocycles. The van der Waals surface area contributed by atoms with Crippen molar-refractivity contribution in [2.45, 2.75) is 34.1 Å². The normalized spacial score (nSPS) is 9.00. The van der Waals surface area contributed by atoms with Gasteiger partial charge in [0, 0.05) is 0 Å². The van der Waals surface area contributed by atoms with Gasteiger partial charge in [0.1, 0.15) is 0 Å². The van der Waals surface area contributed by atoms with Gasteiger partial charge in [0.15, 0.2) is 0 Å². The van der Waals surface area contributed by atoms with E-state index >= 15 is 0 Å². The Hall–Kier alpha value is 0.799. The SMILES string of the molecule is C[CH2][Sn+]([CH2]C)[CH2]C. The van der Waals surface area contributed by atoms with Gasteiger partial charge in [-0.1, -0.05) is 0 Å². The molecule has 0 amide bonds. The van der Waals surface area contributed by atoms with Crippen LogP contribution in [0.3, 0.4) is 0 Å². The fourth-order valence-electron chi connectivity index (χ4n) is 0.750. The standard InChI is InChI=1S/3C2H5.Sn/c3*1-2;/h3*1H2,2H3;/q;;;+1. The van der Waals surface area contributed by atoms with Crippen molar-refractivity contribution in [1.29, 1.82) is 0 Å². The first-order valence-corrected chi connectivity index (χ1v) is 9.24. The fraction of sp³-hybridized carbons (Fsp3) is 1.00. The van der Waals surface area contributed by atoms with Crippen LogP contribution in [0.25, 0.3) is 0 Å². The minimum atomic E-state index is -0.653. The van der Waals surface area contributed by atoms with Crippen molar-refractivity contribution < 1.29 is 0 Å². The third-order valence-corrected chi connectivity index (χ3v) is 10.1. The van der Waals surface area contributed by atoms with Crippen LogP contribution in [0.15, 0.2) is 0 Å². The Kier molecular flexibility index (Phi) is 5.51. The molecule has 0 radical (unpaired) electrons. The molecule has 42 valence electrons. The van der Waals surface area contributed by atoms with E-state index in [1.165, 1.54) is 0 Å². The number of rotatable bonds is 3. The van der Waals surface area contributed by atoms with Gasteiger partial charge in [-0.15, -0.1) is 0 Å². The van der Waals surface area contributed by atoms with Gasteiger partial charge in [-0.05, 0) is 0 Å². The van der Waals surface area contributed by atoms with Gasteiger partial charge in [0.2, 0.25) is 0 Å². The van der Waals surface area contributed by atoms with Gasteiger partial charge in [0.25, 0.3) is 0 Å². The molecule has 0 N–H and O–H groups in total. The van der Waals surface area contributed by atoms with Gasteiger partial charge in [-0.2, -0.15) is 0 Å². The van der Waals surface area contributed by atoms with Crippen molar-refractivity contribution in [3.05, 3.63) is 0 Å². The van der Waals surface area contributed by atoms with E-state index < -0.39 is 19.8 Å². The first-order valence-electron chi connectivity index (χ1n) is 3.18. The molecule has 0 unspecified atom stereocenters. The topological polar surface area (TPSA) is 0 Å². The summed E-state index contributed by atoms with van der Waals surface area (Å²) in [5.41, 5.74) is 0. The first-order chi connectivity index (χ1) is 3.35. The van der Waals surface area contributed by atoms with Crippen LogP contribution >= 0.6 is 0 Å². The zero-order valence-corrected chi connectivity index (χ0v) is 8.48. The Morgan fingerprint density at radius 3 is 1.14 bits per heavy atom.